The fourth-order valence-corrected chi connectivity index (χ4v) is 3.43. The van der Waals surface area contributed by atoms with E-state index in [2.05, 4.69) is 5.32 Å². The maximum atomic E-state index is 12.6. The topological polar surface area (TPSA) is 61.9 Å². The summed E-state index contributed by atoms with van der Waals surface area (Å²) in [5.41, 5.74) is 0.793. The number of hydrogen-bond donors (Lipinski definition) is 1. The van der Waals surface area contributed by atoms with Gasteiger partial charge in [0.05, 0.1) is 12.0 Å². The lowest BCUT2D eigenvalue weighted by atomic mass is 10.2. The molecule has 1 saturated heterocycles. The molecule has 0 atom stereocenters. The van der Waals surface area contributed by atoms with Crippen LogP contribution in [0.1, 0.15) is 5.56 Å². The summed E-state index contributed by atoms with van der Waals surface area (Å²) in [6, 6.07) is 7.41. The average Bonchev–Trinajstić information content (AvgIpc) is 2.82. The molecule has 0 unspecified atom stereocenters. The Morgan fingerprint density at radius 1 is 1.40 bits per heavy atom. The molecule has 1 aliphatic heterocycles. The first-order valence-corrected chi connectivity index (χ1v) is 8.94. The Kier molecular flexibility index (Phi) is 6.98. The second kappa shape index (κ2) is 8.98. The number of rotatable bonds is 7. The van der Waals surface area contributed by atoms with Gasteiger partial charge in [-0.15, -0.1) is 0 Å². The molecule has 0 spiro atoms. The standard InChI is InChI=1S/C17H21N3O3S2/c1-19(2)9-8-18-15(21)11-20-16(22)14(25-17(20)24)10-12-6-4-5-7-13(12)23-3/h4-7,10H,8-9,11H2,1-3H3,(H,18,21)/b14-10-. The third kappa shape index (κ3) is 5.29. The van der Waals surface area contributed by atoms with Crippen LogP contribution in [0, 0.1) is 0 Å². The number of benzene rings is 1. The van der Waals surface area contributed by atoms with E-state index in [-0.39, 0.29) is 18.4 Å². The largest absolute Gasteiger partial charge is 0.496 e. The predicted octanol–water partition coefficient (Wildman–Crippen LogP) is 1.57. The Morgan fingerprint density at radius 2 is 2.12 bits per heavy atom. The summed E-state index contributed by atoms with van der Waals surface area (Å²) in [6.45, 7) is 1.19. The molecule has 1 heterocycles. The van der Waals surface area contributed by atoms with Crippen LogP contribution in [0.15, 0.2) is 29.2 Å². The SMILES string of the molecule is COc1ccccc1/C=C1\SC(=S)N(CC(=O)NCCN(C)C)C1=O. The van der Waals surface area contributed by atoms with Crippen LogP contribution in [0.25, 0.3) is 6.08 Å². The van der Waals surface area contributed by atoms with E-state index in [0.717, 1.165) is 12.1 Å². The van der Waals surface area contributed by atoms with Gasteiger partial charge in [-0.05, 0) is 26.2 Å². The van der Waals surface area contributed by atoms with Crippen molar-refractivity contribution in [2.75, 3.05) is 40.8 Å². The molecule has 1 aromatic carbocycles. The molecule has 1 fully saturated rings. The molecule has 0 aliphatic carbocycles. The van der Waals surface area contributed by atoms with Crippen molar-refractivity contribution in [1.82, 2.24) is 15.1 Å². The van der Waals surface area contributed by atoms with Gasteiger partial charge in [-0.1, -0.05) is 42.2 Å². The minimum atomic E-state index is -0.260. The van der Waals surface area contributed by atoms with E-state index in [1.54, 1.807) is 13.2 Å². The normalized spacial score (nSPS) is 16.0. The van der Waals surface area contributed by atoms with Crippen LogP contribution in [0.4, 0.5) is 0 Å². The third-order valence-corrected chi connectivity index (χ3v) is 4.86. The number of likely N-dealkylation sites (N-methyl/N-ethyl adjacent to an activating group) is 1. The molecule has 134 valence electrons. The number of ether oxygens (including phenoxy) is 1. The number of hydrogen-bond acceptors (Lipinski definition) is 6. The van der Waals surface area contributed by atoms with Crippen molar-refractivity contribution in [3.8, 4) is 5.75 Å². The highest BCUT2D eigenvalue weighted by molar-refractivity contribution is 8.26. The van der Waals surface area contributed by atoms with Gasteiger partial charge < -0.3 is 15.0 Å². The highest BCUT2D eigenvalue weighted by atomic mass is 32.2. The lowest BCUT2D eigenvalue weighted by molar-refractivity contribution is -0.128. The van der Waals surface area contributed by atoms with Crippen molar-refractivity contribution in [3.63, 3.8) is 0 Å². The third-order valence-electron chi connectivity index (χ3n) is 3.48. The second-order valence-electron chi connectivity index (χ2n) is 5.66. The van der Waals surface area contributed by atoms with Crippen LogP contribution in [-0.4, -0.2) is 66.8 Å². The molecule has 2 rings (SSSR count). The minimum Gasteiger partial charge on any atom is -0.496 e. The predicted molar refractivity (Wildman–Crippen MR) is 104 cm³/mol. The number of methoxy groups -OCH3 is 1. The lowest BCUT2D eigenvalue weighted by Gasteiger charge is -2.15. The van der Waals surface area contributed by atoms with Crippen molar-refractivity contribution in [1.29, 1.82) is 0 Å². The van der Waals surface area contributed by atoms with Crippen molar-refractivity contribution < 1.29 is 14.3 Å². The van der Waals surface area contributed by atoms with E-state index in [4.69, 9.17) is 17.0 Å². The Morgan fingerprint density at radius 3 is 2.80 bits per heavy atom. The Hall–Kier alpha value is -1.90. The van der Waals surface area contributed by atoms with E-state index in [9.17, 15) is 9.59 Å². The fraction of sp³-hybridized carbons (Fsp3) is 0.353. The zero-order chi connectivity index (χ0) is 18.4. The first-order chi connectivity index (χ1) is 11.9. The summed E-state index contributed by atoms with van der Waals surface area (Å²) < 4.78 is 5.68. The van der Waals surface area contributed by atoms with Crippen molar-refractivity contribution in [3.05, 3.63) is 34.7 Å². The molecule has 0 saturated carbocycles. The lowest BCUT2D eigenvalue weighted by Crippen LogP contribution is -2.41. The number of thioether (sulfide) groups is 1. The summed E-state index contributed by atoms with van der Waals surface area (Å²) in [7, 11) is 5.43. The monoisotopic (exact) mass is 379 g/mol. The summed E-state index contributed by atoms with van der Waals surface area (Å²) in [6.07, 6.45) is 1.74. The first kappa shape index (κ1) is 19.4. The van der Waals surface area contributed by atoms with E-state index < -0.39 is 0 Å². The Bertz CT molecular complexity index is 704. The summed E-state index contributed by atoms with van der Waals surface area (Å²) >= 11 is 6.44. The zero-order valence-corrected chi connectivity index (χ0v) is 16.1. The smallest absolute Gasteiger partial charge is 0.266 e. The van der Waals surface area contributed by atoms with Crippen molar-refractivity contribution in [2.45, 2.75) is 0 Å². The summed E-state index contributed by atoms with van der Waals surface area (Å²) in [4.78, 5) is 28.3. The molecule has 1 aliphatic rings. The molecule has 0 aromatic heterocycles. The molecule has 0 radical (unpaired) electrons. The molecular formula is C17H21N3O3S2. The Labute approximate surface area is 157 Å². The molecule has 0 bridgehead atoms. The van der Waals surface area contributed by atoms with Gasteiger partial charge in [-0.3, -0.25) is 14.5 Å². The van der Waals surface area contributed by atoms with Gasteiger partial charge >= 0.3 is 0 Å². The summed E-state index contributed by atoms with van der Waals surface area (Å²) in [5, 5.41) is 2.78. The van der Waals surface area contributed by atoms with Gasteiger partial charge in [0, 0.05) is 18.7 Å². The van der Waals surface area contributed by atoms with Crippen LogP contribution in [0.5, 0.6) is 5.75 Å². The fourth-order valence-electron chi connectivity index (χ4n) is 2.18. The quantitative estimate of drug-likeness (QED) is 0.573. The first-order valence-electron chi connectivity index (χ1n) is 7.72. The average molecular weight is 380 g/mol. The number of carbonyl (C=O) groups is 2. The van der Waals surface area contributed by atoms with Gasteiger partial charge in [0.15, 0.2) is 0 Å². The number of amides is 2. The van der Waals surface area contributed by atoms with Gasteiger partial charge in [0.25, 0.3) is 5.91 Å². The highest BCUT2D eigenvalue weighted by Gasteiger charge is 2.33. The van der Waals surface area contributed by atoms with Gasteiger partial charge in [0.2, 0.25) is 5.91 Å². The molecule has 1 N–H and O–H groups in total. The number of nitrogens with one attached hydrogen (secondary N) is 1. The maximum Gasteiger partial charge on any atom is 0.266 e. The number of carbonyl (C=O) groups excluding carboxylic acids is 2. The van der Waals surface area contributed by atoms with Gasteiger partial charge in [0.1, 0.15) is 16.6 Å². The molecule has 2 amide bonds. The van der Waals surface area contributed by atoms with Crippen molar-refractivity contribution in [2.24, 2.45) is 0 Å². The van der Waals surface area contributed by atoms with Gasteiger partial charge in [-0.2, -0.15) is 0 Å². The van der Waals surface area contributed by atoms with Crippen LogP contribution in [0.3, 0.4) is 0 Å². The van der Waals surface area contributed by atoms with Gasteiger partial charge in [-0.25, -0.2) is 0 Å². The molecule has 8 heteroatoms. The van der Waals surface area contributed by atoms with E-state index in [0.29, 0.717) is 21.5 Å². The second-order valence-corrected chi connectivity index (χ2v) is 7.34. The van der Waals surface area contributed by atoms with Crippen LogP contribution in [-0.2, 0) is 9.59 Å². The molecule has 6 nitrogen and oxygen atoms in total. The number of thiocarbonyl (C=S) groups is 1. The molecule has 25 heavy (non-hydrogen) atoms. The van der Waals surface area contributed by atoms with E-state index >= 15 is 0 Å². The minimum absolute atomic E-state index is 0.0681. The van der Waals surface area contributed by atoms with Crippen LogP contribution in [0.2, 0.25) is 0 Å². The summed E-state index contributed by atoms with van der Waals surface area (Å²) in [5.74, 6) is 0.189. The highest BCUT2D eigenvalue weighted by Crippen LogP contribution is 2.33. The molecular weight excluding hydrogens is 358 g/mol. The Balaban J connectivity index is 2.04. The number of para-hydroxylation sites is 1. The van der Waals surface area contributed by atoms with Crippen LogP contribution >= 0.6 is 24.0 Å². The van der Waals surface area contributed by atoms with Crippen LogP contribution < -0.4 is 10.1 Å². The van der Waals surface area contributed by atoms with E-state index in [1.807, 2.05) is 43.3 Å². The zero-order valence-electron chi connectivity index (χ0n) is 14.4. The maximum absolute atomic E-state index is 12.6. The number of nitrogens with zero attached hydrogens (tertiary/aromatic N) is 2. The van der Waals surface area contributed by atoms with Crippen molar-refractivity contribution >= 4 is 46.2 Å². The van der Waals surface area contributed by atoms with E-state index in [1.165, 1.54) is 16.7 Å². The molecule has 1 aromatic rings.